The first-order chi connectivity index (χ1) is 17.5. The van der Waals surface area contributed by atoms with Gasteiger partial charge in [-0.25, -0.2) is 4.79 Å². The monoisotopic (exact) mass is 543 g/mol. The fraction of sp³-hybridized carbons (Fsp3) is 0.517. The first kappa shape index (κ1) is 27.7. The number of carbonyl (C=O) groups is 1. The van der Waals surface area contributed by atoms with Gasteiger partial charge in [0.15, 0.2) is 6.23 Å². The standard InChI is InChI=1S/C29H35Cl2N3O3/c1-27(2,3)15-23-29(16-32,20-8-10-21(30)11-9-20)24(19-6-4-7-22(31)14-19)25(34-23)37-26(36)33-17-28(18-35)12-5-13-28/h4,6-11,14,23-25,34-35H,5,12-13,15,17-18H2,1-3H3,(H,33,36)/t23-,24-,25+,29-/m0/s1. The Morgan fingerprint density at radius 2 is 1.89 bits per heavy atom. The van der Waals surface area contributed by atoms with Crippen LogP contribution >= 0.6 is 23.2 Å². The number of nitrogens with zero attached hydrogens (tertiary/aromatic N) is 1. The number of carbonyl (C=O) groups excluding carboxylic acids is 1. The van der Waals surface area contributed by atoms with E-state index in [9.17, 15) is 15.2 Å². The number of ether oxygens (including phenoxy) is 1. The number of aliphatic hydroxyl groups excluding tert-OH is 1. The third-order valence-electron chi connectivity index (χ3n) is 7.83. The Balaban J connectivity index is 1.74. The molecule has 0 aromatic heterocycles. The van der Waals surface area contributed by atoms with Crippen LogP contribution in [0.25, 0.3) is 0 Å². The highest BCUT2D eigenvalue weighted by atomic mass is 35.5. The molecule has 2 aromatic carbocycles. The molecule has 0 radical (unpaired) electrons. The van der Waals surface area contributed by atoms with Crippen LogP contribution in [0.15, 0.2) is 48.5 Å². The van der Waals surface area contributed by atoms with Gasteiger partial charge in [0.2, 0.25) is 0 Å². The van der Waals surface area contributed by atoms with E-state index in [0.29, 0.717) is 23.0 Å². The Hall–Kier alpha value is -2.30. The highest BCUT2D eigenvalue weighted by Gasteiger charge is 2.59. The van der Waals surface area contributed by atoms with Gasteiger partial charge < -0.3 is 15.2 Å². The SMILES string of the molecule is CC(C)(C)C[C@@H]1N[C@H](OC(=O)NCC2(CO)CCC2)[C@H](c2cccc(Cl)c2)[C@@]1(C#N)c1ccc(Cl)cc1. The topological polar surface area (TPSA) is 94.4 Å². The molecule has 4 atom stereocenters. The molecule has 2 aliphatic rings. The zero-order valence-electron chi connectivity index (χ0n) is 21.6. The summed E-state index contributed by atoms with van der Waals surface area (Å²) in [4.78, 5) is 13.0. The third kappa shape index (κ3) is 5.76. The Bertz CT molecular complexity index is 1150. The zero-order chi connectivity index (χ0) is 26.8. The van der Waals surface area contributed by atoms with Gasteiger partial charge in [-0.1, -0.05) is 74.7 Å². The van der Waals surface area contributed by atoms with Crippen LogP contribution in [0.3, 0.4) is 0 Å². The van der Waals surface area contributed by atoms with Crippen molar-refractivity contribution in [2.45, 2.75) is 70.1 Å². The quantitative estimate of drug-likeness (QED) is 0.388. The number of halogens is 2. The van der Waals surface area contributed by atoms with E-state index in [2.05, 4.69) is 37.5 Å². The predicted molar refractivity (Wildman–Crippen MR) is 146 cm³/mol. The molecule has 1 heterocycles. The number of alkyl carbamates (subject to hydrolysis) is 1. The molecule has 1 aliphatic heterocycles. The van der Waals surface area contributed by atoms with E-state index >= 15 is 0 Å². The average Bonchev–Trinajstić information content (AvgIpc) is 3.10. The molecule has 1 saturated heterocycles. The smallest absolute Gasteiger partial charge is 0.408 e. The number of hydrogen-bond donors (Lipinski definition) is 3. The molecule has 0 unspecified atom stereocenters. The summed E-state index contributed by atoms with van der Waals surface area (Å²) in [7, 11) is 0. The molecule has 2 aromatic rings. The van der Waals surface area contributed by atoms with Crippen LogP contribution in [-0.2, 0) is 10.2 Å². The first-order valence-electron chi connectivity index (χ1n) is 12.8. The highest BCUT2D eigenvalue weighted by molar-refractivity contribution is 6.30. The third-order valence-corrected chi connectivity index (χ3v) is 8.32. The Morgan fingerprint density at radius 3 is 2.43 bits per heavy atom. The molecule has 37 heavy (non-hydrogen) atoms. The van der Waals surface area contributed by atoms with Crippen molar-refractivity contribution < 1.29 is 14.6 Å². The molecule has 2 fully saturated rings. The molecule has 8 heteroatoms. The van der Waals surface area contributed by atoms with Crippen molar-refractivity contribution in [2.24, 2.45) is 10.8 Å². The largest absolute Gasteiger partial charge is 0.430 e. The van der Waals surface area contributed by atoms with Gasteiger partial charge in [-0.2, -0.15) is 5.26 Å². The lowest BCUT2D eigenvalue weighted by molar-refractivity contribution is 0.0348. The molecule has 1 saturated carbocycles. The molecule has 0 bridgehead atoms. The zero-order valence-corrected chi connectivity index (χ0v) is 23.1. The molecule has 6 nitrogen and oxygen atoms in total. The number of benzene rings is 2. The number of hydrogen-bond acceptors (Lipinski definition) is 5. The van der Waals surface area contributed by atoms with E-state index in [1.807, 2.05) is 30.3 Å². The lowest BCUT2D eigenvalue weighted by Gasteiger charge is -2.40. The highest BCUT2D eigenvalue weighted by Crippen LogP contribution is 2.51. The van der Waals surface area contributed by atoms with E-state index in [1.165, 1.54) is 0 Å². The minimum Gasteiger partial charge on any atom is -0.430 e. The van der Waals surface area contributed by atoms with Crippen LogP contribution in [0.5, 0.6) is 0 Å². The number of rotatable bonds is 7. The van der Waals surface area contributed by atoms with Crippen molar-refractivity contribution in [3.8, 4) is 6.07 Å². The molecule has 1 amide bonds. The predicted octanol–water partition coefficient (Wildman–Crippen LogP) is 6.16. The van der Waals surface area contributed by atoms with Gasteiger partial charge in [0.05, 0.1) is 18.6 Å². The maximum Gasteiger partial charge on any atom is 0.408 e. The maximum atomic E-state index is 13.0. The number of nitriles is 1. The summed E-state index contributed by atoms with van der Waals surface area (Å²) in [5.74, 6) is -0.536. The normalized spacial score (nSPS) is 26.7. The second-order valence-electron chi connectivity index (χ2n) is 11.7. The van der Waals surface area contributed by atoms with Crippen molar-refractivity contribution in [1.82, 2.24) is 10.6 Å². The lowest BCUT2D eigenvalue weighted by Crippen LogP contribution is -2.46. The average molecular weight is 545 g/mol. The van der Waals surface area contributed by atoms with E-state index in [-0.39, 0.29) is 23.5 Å². The van der Waals surface area contributed by atoms with E-state index in [4.69, 9.17) is 27.9 Å². The van der Waals surface area contributed by atoms with Gasteiger partial charge in [-0.15, -0.1) is 0 Å². The Morgan fingerprint density at radius 1 is 1.19 bits per heavy atom. The molecule has 4 rings (SSSR count). The summed E-state index contributed by atoms with van der Waals surface area (Å²) in [6.07, 6.45) is 2.08. The minimum atomic E-state index is -1.06. The molecule has 198 valence electrons. The fourth-order valence-electron chi connectivity index (χ4n) is 5.76. The van der Waals surface area contributed by atoms with Gasteiger partial charge in [0, 0.05) is 28.0 Å². The van der Waals surface area contributed by atoms with Crippen LogP contribution in [0.2, 0.25) is 10.0 Å². The Labute approximate surface area is 229 Å². The molecule has 1 aliphatic carbocycles. The van der Waals surface area contributed by atoms with Crippen molar-refractivity contribution in [3.63, 3.8) is 0 Å². The summed E-state index contributed by atoms with van der Waals surface area (Å²) in [6.45, 7) is 6.76. The van der Waals surface area contributed by atoms with Gasteiger partial charge >= 0.3 is 6.09 Å². The Kier molecular flexibility index (Phi) is 8.11. The van der Waals surface area contributed by atoms with Gasteiger partial charge in [-0.05, 0) is 60.1 Å². The number of amides is 1. The second kappa shape index (κ2) is 10.8. The van der Waals surface area contributed by atoms with Crippen molar-refractivity contribution in [3.05, 3.63) is 69.7 Å². The molecule has 3 N–H and O–H groups in total. The van der Waals surface area contributed by atoms with Crippen molar-refractivity contribution >= 4 is 29.3 Å². The van der Waals surface area contributed by atoms with Crippen molar-refractivity contribution in [2.75, 3.05) is 13.2 Å². The summed E-state index contributed by atoms with van der Waals surface area (Å²) in [6, 6.07) is 17.0. The van der Waals surface area contributed by atoms with E-state index in [1.54, 1.807) is 18.2 Å². The summed E-state index contributed by atoms with van der Waals surface area (Å²) < 4.78 is 6.01. The molecular formula is C29H35Cl2N3O3. The second-order valence-corrected chi connectivity index (χ2v) is 12.6. The van der Waals surface area contributed by atoms with Gasteiger partial charge in [0.25, 0.3) is 0 Å². The van der Waals surface area contributed by atoms with Gasteiger partial charge in [-0.3, -0.25) is 5.32 Å². The lowest BCUT2D eigenvalue weighted by atomic mass is 9.64. The number of aliphatic hydroxyl groups is 1. The molecular weight excluding hydrogens is 509 g/mol. The van der Waals surface area contributed by atoms with Gasteiger partial charge in [0.1, 0.15) is 5.41 Å². The fourth-order valence-corrected chi connectivity index (χ4v) is 6.08. The van der Waals surface area contributed by atoms with Crippen LogP contribution < -0.4 is 10.6 Å². The maximum absolute atomic E-state index is 13.0. The first-order valence-corrected chi connectivity index (χ1v) is 13.5. The summed E-state index contributed by atoms with van der Waals surface area (Å²) in [5.41, 5.74) is 0.152. The van der Waals surface area contributed by atoms with E-state index in [0.717, 1.165) is 30.4 Å². The number of nitrogens with one attached hydrogen (secondary N) is 2. The van der Waals surface area contributed by atoms with Crippen molar-refractivity contribution in [1.29, 1.82) is 5.26 Å². The summed E-state index contributed by atoms with van der Waals surface area (Å²) >= 11 is 12.6. The summed E-state index contributed by atoms with van der Waals surface area (Å²) in [5, 5.41) is 28.2. The van der Waals surface area contributed by atoms with Crippen LogP contribution in [0, 0.1) is 22.2 Å². The van der Waals surface area contributed by atoms with Crippen LogP contribution in [0.1, 0.15) is 63.5 Å². The minimum absolute atomic E-state index is 0.0296. The van der Waals surface area contributed by atoms with Crippen LogP contribution in [-0.4, -0.2) is 36.6 Å². The van der Waals surface area contributed by atoms with E-state index < -0.39 is 23.7 Å². The molecule has 0 spiro atoms. The van der Waals surface area contributed by atoms with Crippen LogP contribution in [0.4, 0.5) is 4.79 Å².